The van der Waals surface area contributed by atoms with Crippen molar-refractivity contribution in [1.29, 1.82) is 0 Å². The molecule has 0 atom stereocenters. The van der Waals surface area contributed by atoms with Gasteiger partial charge in [0, 0.05) is 19.3 Å². The molecule has 2 heterocycles. The Bertz CT molecular complexity index is 384. The van der Waals surface area contributed by atoms with E-state index in [1.165, 1.54) is 0 Å². The second kappa shape index (κ2) is 4.73. The highest BCUT2D eigenvalue weighted by Gasteiger charge is 2.39. The molecule has 0 radical (unpaired) electrons. The number of piperidine rings is 1. The smallest absolute Gasteiger partial charge is 0.309 e. The van der Waals surface area contributed by atoms with Gasteiger partial charge in [-0.05, 0) is 31.4 Å². The molecule has 1 saturated heterocycles. The van der Waals surface area contributed by atoms with Crippen LogP contribution in [-0.4, -0.2) is 29.1 Å². The van der Waals surface area contributed by atoms with Gasteiger partial charge < -0.3 is 10.0 Å². The Labute approximate surface area is 101 Å². The number of carboxylic acids is 1. The van der Waals surface area contributed by atoms with Gasteiger partial charge in [0.05, 0.1) is 5.41 Å². The molecule has 1 aromatic rings. The van der Waals surface area contributed by atoms with Crippen LogP contribution in [0.3, 0.4) is 0 Å². The predicted octanol–water partition coefficient (Wildman–Crippen LogP) is 2.16. The quantitative estimate of drug-likeness (QED) is 0.870. The van der Waals surface area contributed by atoms with Crippen LogP contribution in [0.15, 0.2) is 24.4 Å². The van der Waals surface area contributed by atoms with Crippen molar-refractivity contribution in [2.45, 2.75) is 26.2 Å². The van der Waals surface area contributed by atoms with E-state index in [1.54, 1.807) is 6.20 Å². The number of anilines is 1. The Morgan fingerprint density at radius 1 is 1.47 bits per heavy atom. The van der Waals surface area contributed by atoms with Gasteiger partial charge in [-0.2, -0.15) is 0 Å². The molecule has 0 saturated carbocycles. The summed E-state index contributed by atoms with van der Waals surface area (Å²) < 4.78 is 0. The van der Waals surface area contributed by atoms with Crippen LogP contribution < -0.4 is 4.90 Å². The molecule has 1 aromatic heterocycles. The fraction of sp³-hybridized carbons (Fsp3) is 0.538. The number of aliphatic carboxylic acids is 1. The zero-order valence-electron chi connectivity index (χ0n) is 10.1. The molecule has 1 fully saturated rings. The number of hydrogen-bond acceptors (Lipinski definition) is 3. The second-order valence-corrected chi connectivity index (χ2v) is 4.61. The Morgan fingerprint density at radius 2 is 2.18 bits per heavy atom. The van der Waals surface area contributed by atoms with Gasteiger partial charge in [0.25, 0.3) is 0 Å². The first-order valence-electron chi connectivity index (χ1n) is 6.07. The molecule has 0 aliphatic carbocycles. The third-order valence-electron chi connectivity index (χ3n) is 3.82. The maximum Gasteiger partial charge on any atom is 0.309 e. The lowest BCUT2D eigenvalue weighted by molar-refractivity contribution is -0.150. The van der Waals surface area contributed by atoms with Crippen molar-refractivity contribution in [3.05, 3.63) is 24.4 Å². The van der Waals surface area contributed by atoms with Crippen molar-refractivity contribution in [3.8, 4) is 0 Å². The summed E-state index contributed by atoms with van der Waals surface area (Å²) in [6, 6.07) is 5.82. The fourth-order valence-corrected chi connectivity index (χ4v) is 2.42. The van der Waals surface area contributed by atoms with Crippen molar-refractivity contribution in [2.75, 3.05) is 18.0 Å². The SMILES string of the molecule is CCC1(C(=O)O)CCN(c2ccccn2)CC1. The van der Waals surface area contributed by atoms with Gasteiger partial charge in [-0.15, -0.1) is 0 Å². The highest BCUT2D eigenvalue weighted by Crippen LogP contribution is 2.36. The third-order valence-corrected chi connectivity index (χ3v) is 3.82. The van der Waals surface area contributed by atoms with Gasteiger partial charge in [-0.3, -0.25) is 4.79 Å². The van der Waals surface area contributed by atoms with Crippen molar-refractivity contribution in [1.82, 2.24) is 4.98 Å². The molecule has 4 heteroatoms. The third kappa shape index (κ3) is 2.25. The predicted molar refractivity (Wildman–Crippen MR) is 66.0 cm³/mol. The standard InChI is InChI=1S/C13H18N2O2/c1-2-13(12(16)17)6-9-15(10-7-13)11-5-3-4-8-14-11/h3-5,8H,2,6-7,9-10H2,1H3,(H,16,17). The van der Waals surface area contributed by atoms with E-state index in [-0.39, 0.29) is 0 Å². The van der Waals surface area contributed by atoms with E-state index in [4.69, 9.17) is 0 Å². The summed E-state index contributed by atoms with van der Waals surface area (Å²) in [5.41, 5.74) is -0.523. The average molecular weight is 234 g/mol. The van der Waals surface area contributed by atoms with Gasteiger partial charge in [-0.25, -0.2) is 4.98 Å². The average Bonchev–Trinajstić information content (AvgIpc) is 2.39. The van der Waals surface area contributed by atoms with Crippen LogP contribution >= 0.6 is 0 Å². The van der Waals surface area contributed by atoms with Crippen LogP contribution in [-0.2, 0) is 4.79 Å². The van der Waals surface area contributed by atoms with Gasteiger partial charge in [0.2, 0.25) is 0 Å². The summed E-state index contributed by atoms with van der Waals surface area (Å²) in [4.78, 5) is 17.8. The van der Waals surface area contributed by atoms with Gasteiger partial charge in [-0.1, -0.05) is 13.0 Å². The van der Waals surface area contributed by atoms with Crippen molar-refractivity contribution < 1.29 is 9.90 Å². The molecule has 4 nitrogen and oxygen atoms in total. The minimum absolute atomic E-state index is 0.523. The van der Waals surface area contributed by atoms with Gasteiger partial charge in [0.15, 0.2) is 0 Å². The van der Waals surface area contributed by atoms with Crippen molar-refractivity contribution in [2.24, 2.45) is 5.41 Å². The minimum Gasteiger partial charge on any atom is -0.481 e. The topological polar surface area (TPSA) is 53.4 Å². The molecule has 0 unspecified atom stereocenters. The normalized spacial score (nSPS) is 19.0. The maximum absolute atomic E-state index is 11.3. The largest absolute Gasteiger partial charge is 0.481 e. The molecule has 0 aromatic carbocycles. The lowest BCUT2D eigenvalue weighted by Gasteiger charge is -2.38. The molecule has 1 aliphatic heterocycles. The monoisotopic (exact) mass is 234 g/mol. The number of nitrogens with zero attached hydrogens (tertiary/aromatic N) is 2. The Hall–Kier alpha value is -1.58. The van der Waals surface area contributed by atoms with Crippen LogP contribution in [0.1, 0.15) is 26.2 Å². The Kier molecular flexibility index (Phi) is 3.31. The van der Waals surface area contributed by atoms with E-state index in [1.807, 2.05) is 25.1 Å². The molecule has 0 bridgehead atoms. The first-order valence-corrected chi connectivity index (χ1v) is 6.07. The second-order valence-electron chi connectivity index (χ2n) is 4.61. The highest BCUT2D eigenvalue weighted by atomic mass is 16.4. The Balaban J connectivity index is 2.05. The van der Waals surface area contributed by atoms with Crippen LogP contribution in [0, 0.1) is 5.41 Å². The van der Waals surface area contributed by atoms with Gasteiger partial charge >= 0.3 is 5.97 Å². The van der Waals surface area contributed by atoms with Gasteiger partial charge in [0.1, 0.15) is 5.82 Å². The highest BCUT2D eigenvalue weighted by molar-refractivity contribution is 5.75. The minimum atomic E-state index is -0.652. The molecule has 0 spiro atoms. The number of carboxylic acid groups (broad SMARTS) is 1. The van der Waals surface area contributed by atoms with E-state index in [9.17, 15) is 9.90 Å². The van der Waals surface area contributed by atoms with E-state index in [2.05, 4.69) is 9.88 Å². The van der Waals surface area contributed by atoms with E-state index < -0.39 is 11.4 Å². The first kappa shape index (κ1) is 11.9. The molecule has 0 amide bonds. The zero-order chi connectivity index (χ0) is 12.3. The van der Waals surface area contributed by atoms with Crippen LogP contribution in [0.25, 0.3) is 0 Å². The molecule has 1 N–H and O–H groups in total. The molecular formula is C13H18N2O2. The van der Waals surface area contributed by atoms with Crippen LogP contribution in [0.2, 0.25) is 0 Å². The van der Waals surface area contributed by atoms with Crippen LogP contribution in [0.5, 0.6) is 0 Å². The van der Waals surface area contributed by atoms with Crippen molar-refractivity contribution in [3.63, 3.8) is 0 Å². The fourth-order valence-electron chi connectivity index (χ4n) is 2.42. The molecule has 92 valence electrons. The Morgan fingerprint density at radius 3 is 2.65 bits per heavy atom. The summed E-state index contributed by atoms with van der Waals surface area (Å²) in [7, 11) is 0. The summed E-state index contributed by atoms with van der Waals surface area (Å²) in [5, 5.41) is 9.31. The summed E-state index contributed by atoms with van der Waals surface area (Å²) in [6.45, 7) is 3.51. The van der Waals surface area contributed by atoms with E-state index in [0.29, 0.717) is 19.3 Å². The summed E-state index contributed by atoms with van der Waals surface area (Å²) in [5.74, 6) is 0.295. The lowest BCUT2D eigenvalue weighted by Crippen LogP contribution is -2.44. The number of carbonyl (C=O) groups is 1. The molecule has 1 aliphatic rings. The number of hydrogen-bond donors (Lipinski definition) is 1. The lowest BCUT2D eigenvalue weighted by atomic mass is 9.76. The molecular weight excluding hydrogens is 216 g/mol. The number of aromatic nitrogens is 1. The zero-order valence-corrected chi connectivity index (χ0v) is 10.1. The number of pyridine rings is 1. The summed E-state index contributed by atoms with van der Waals surface area (Å²) in [6.07, 6.45) is 3.89. The molecule has 2 rings (SSSR count). The summed E-state index contributed by atoms with van der Waals surface area (Å²) >= 11 is 0. The van der Waals surface area contributed by atoms with E-state index >= 15 is 0 Å². The van der Waals surface area contributed by atoms with Crippen LogP contribution in [0.4, 0.5) is 5.82 Å². The number of rotatable bonds is 3. The van der Waals surface area contributed by atoms with E-state index in [0.717, 1.165) is 18.9 Å². The van der Waals surface area contributed by atoms with Crippen molar-refractivity contribution >= 4 is 11.8 Å². The molecule has 17 heavy (non-hydrogen) atoms. The first-order chi connectivity index (χ1) is 8.18. The maximum atomic E-state index is 11.3.